The Kier molecular flexibility index (Phi) is 5.67. The van der Waals surface area contributed by atoms with Crippen LogP contribution in [0.25, 0.3) is 10.3 Å². The fourth-order valence-corrected chi connectivity index (χ4v) is 7.27. The van der Waals surface area contributed by atoms with Crippen LogP contribution in [0.4, 0.5) is 0 Å². The Bertz CT molecular complexity index is 1130. The van der Waals surface area contributed by atoms with Gasteiger partial charge in [-0.15, -0.1) is 11.3 Å². The Labute approximate surface area is 188 Å². The molecular formula is C22H22Cl2N2OS2. The topological polar surface area (TPSA) is 34.9 Å². The lowest BCUT2D eigenvalue weighted by Crippen LogP contribution is -2.14. The summed E-state index contributed by atoms with van der Waals surface area (Å²) in [5, 5.41) is 2.11. The van der Waals surface area contributed by atoms with E-state index in [-0.39, 0.29) is 5.43 Å². The average molecular weight is 465 g/mol. The Balaban J connectivity index is 1.56. The minimum absolute atomic E-state index is 0.164. The molecule has 1 fully saturated rings. The summed E-state index contributed by atoms with van der Waals surface area (Å²) in [6.07, 6.45) is 9.18. The predicted octanol–water partition coefficient (Wildman–Crippen LogP) is 7.05. The molecule has 29 heavy (non-hydrogen) atoms. The number of hydrogen-bond acceptors (Lipinski definition) is 4. The summed E-state index contributed by atoms with van der Waals surface area (Å²) >= 11 is 15.7. The third-order valence-electron chi connectivity index (χ3n) is 6.00. The molecular weight excluding hydrogens is 443 g/mol. The molecule has 1 aromatic carbocycles. The molecule has 0 spiro atoms. The van der Waals surface area contributed by atoms with E-state index in [0.717, 1.165) is 46.1 Å². The van der Waals surface area contributed by atoms with Gasteiger partial charge in [0.05, 0.1) is 10.0 Å². The molecule has 2 aliphatic carbocycles. The normalized spacial score (nSPS) is 17.2. The summed E-state index contributed by atoms with van der Waals surface area (Å²) in [6, 6.07) is 6.21. The summed E-state index contributed by atoms with van der Waals surface area (Å²) in [5.74, 6) is 0.755. The number of nitrogens with zero attached hydrogens (tertiary/aromatic N) is 2. The zero-order valence-corrected chi connectivity index (χ0v) is 19.2. The number of benzene rings is 1. The van der Waals surface area contributed by atoms with Crippen LogP contribution in [0.3, 0.4) is 0 Å². The van der Waals surface area contributed by atoms with E-state index in [9.17, 15) is 4.79 Å². The van der Waals surface area contributed by atoms with Gasteiger partial charge in [-0.1, -0.05) is 60.3 Å². The second-order valence-corrected chi connectivity index (χ2v) is 10.8. The van der Waals surface area contributed by atoms with Crippen molar-refractivity contribution in [3.05, 3.63) is 54.5 Å². The zero-order chi connectivity index (χ0) is 20.0. The van der Waals surface area contributed by atoms with Gasteiger partial charge in [-0.25, -0.2) is 4.98 Å². The van der Waals surface area contributed by atoms with Crippen LogP contribution in [0, 0.1) is 0 Å². The molecule has 152 valence electrons. The van der Waals surface area contributed by atoms with Gasteiger partial charge in [-0.05, 0) is 49.8 Å². The van der Waals surface area contributed by atoms with E-state index in [1.807, 2.05) is 18.2 Å². The maximum atomic E-state index is 13.1. The molecule has 3 aromatic rings. The van der Waals surface area contributed by atoms with E-state index >= 15 is 0 Å². The lowest BCUT2D eigenvalue weighted by Gasteiger charge is -2.25. The van der Waals surface area contributed by atoms with Gasteiger partial charge in [-0.3, -0.25) is 4.79 Å². The minimum Gasteiger partial charge on any atom is -0.307 e. The largest absolute Gasteiger partial charge is 0.307 e. The minimum atomic E-state index is 0.164. The molecule has 0 saturated heterocycles. The molecule has 2 aliphatic rings. The first kappa shape index (κ1) is 19.9. The number of aromatic nitrogens is 2. The van der Waals surface area contributed by atoms with Gasteiger partial charge in [0.2, 0.25) is 5.43 Å². The molecule has 0 unspecified atom stereocenters. The number of aryl methyl sites for hydroxylation is 1. The van der Waals surface area contributed by atoms with Gasteiger partial charge in [0.1, 0.15) is 10.3 Å². The Hall–Kier alpha value is -1.01. The Morgan fingerprint density at radius 3 is 2.72 bits per heavy atom. The number of halogens is 2. The first-order valence-corrected chi connectivity index (χ1v) is 12.8. The van der Waals surface area contributed by atoms with E-state index in [1.54, 1.807) is 23.1 Å². The molecule has 0 N–H and O–H groups in total. The second kappa shape index (κ2) is 8.26. The molecule has 2 aromatic heterocycles. The molecule has 1 saturated carbocycles. The lowest BCUT2D eigenvalue weighted by atomic mass is 9.95. The summed E-state index contributed by atoms with van der Waals surface area (Å²) in [5.41, 5.74) is 2.96. The smallest absolute Gasteiger partial charge is 0.211 e. The number of hydrogen-bond donors (Lipinski definition) is 0. The monoisotopic (exact) mass is 464 g/mol. The Morgan fingerprint density at radius 1 is 1.10 bits per heavy atom. The molecule has 0 bridgehead atoms. The zero-order valence-electron chi connectivity index (χ0n) is 16.0. The van der Waals surface area contributed by atoms with Gasteiger partial charge in [-0.2, -0.15) is 0 Å². The number of rotatable bonds is 4. The summed E-state index contributed by atoms with van der Waals surface area (Å²) in [7, 11) is 0. The van der Waals surface area contributed by atoms with Gasteiger partial charge in [0.25, 0.3) is 0 Å². The standard InChI is InChI=1S/C22H22Cl2N2OS2/c23-16-10-9-13(11-17(16)24)12-28-22-25-19-20(27)15-7-4-8-18(15)29-21(19)26(22)14-5-2-1-3-6-14/h9-11,14H,1-8,12H2. The highest BCUT2D eigenvalue weighted by Crippen LogP contribution is 2.39. The van der Waals surface area contributed by atoms with Gasteiger partial charge < -0.3 is 4.57 Å². The quantitative estimate of drug-likeness (QED) is 0.387. The van der Waals surface area contributed by atoms with E-state index in [0.29, 0.717) is 21.6 Å². The van der Waals surface area contributed by atoms with E-state index < -0.39 is 0 Å². The third kappa shape index (κ3) is 3.76. The number of fused-ring (bicyclic) bond motifs is 2. The van der Waals surface area contributed by atoms with E-state index in [2.05, 4.69) is 4.57 Å². The van der Waals surface area contributed by atoms with Crippen LogP contribution in [-0.4, -0.2) is 9.55 Å². The van der Waals surface area contributed by atoms with E-state index in [4.69, 9.17) is 28.2 Å². The highest BCUT2D eigenvalue weighted by molar-refractivity contribution is 7.98. The summed E-state index contributed by atoms with van der Waals surface area (Å²) in [6.45, 7) is 0. The highest BCUT2D eigenvalue weighted by Gasteiger charge is 2.26. The molecule has 3 nitrogen and oxygen atoms in total. The SMILES string of the molecule is O=c1c2c(sc3c1nc(SCc1ccc(Cl)c(Cl)c1)n3C1CCCCC1)CCC2. The fraction of sp³-hybridized carbons (Fsp3) is 0.455. The second-order valence-electron chi connectivity index (χ2n) is 7.93. The third-order valence-corrected chi connectivity index (χ3v) is 9.05. The molecule has 5 rings (SSSR count). The molecule has 0 radical (unpaired) electrons. The van der Waals surface area contributed by atoms with Crippen molar-refractivity contribution in [2.45, 2.75) is 68.3 Å². The van der Waals surface area contributed by atoms with Crippen molar-refractivity contribution in [2.24, 2.45) is 0 Å². The van der Waals surface area contributed by atoms with Gasteiger partial charge in [0.15, 0.2) is 5.16 Å². The van der Waals surface area contributed by atoms with Crippen molar-refractivity contribution in [1.29, 1.82) is 0 Å². The average Bonchev–Trinajstić information content (AvgIpc) is 3.35. The molecule has 0 amide bonds. The predicted molar refractivity (Wildman–Crippen MR) is 124 cm³/mol. The van der Waals surface area contributed by atoms with Crippen LogP contribution in [0.1, 0.15) is 60.6 Å². The maximum Gasteiger partial charge on any atom is 0.211 e. The van der Waals surface area contributed by atoms with Crippen molar-refractivity contribution in [2.75, 3.05) is 0 Å². The van der Waals surface area contributed by atoms with Crippen molar-refractivity contribution in [3.8, 4) is 0 Å². The first-order valence-electron chi connectivity index (χ1n) is 10.3. The van der Waals surface area contributed by atoms with Crippen LogP contribution >= 0.6 is 46.3 Å². The fourth-order valence-electron chi connectivity index (χ4n) is 4.51. The highest BCUT2D eigenvalue weighted by atomic mass is 35.5. The molecule has 0 atom stereocenters. The van der Waals surface area contributed by atoms with Crippen LogP contribution in [0.2, 0.25) is 10.0 Å². The molecule has 0 aliphatic heterocycles. The van der Waals surface area contributed by atoms with Crippen molar-refractivity contribution in [3.63, 3.8) is 0 Å². The molecule has 2 heterocycles. The number of thioether (sulfide) groups is 1. The van der Waals surface area contributed by atoms with Crippen molar-refractivity contribution < 1.29 is 0 Å². The van der Waals surface area contributed by atoms with Crippen LogP contribution in [-0.2, 0) is 18.6 Å². The van der Waals surface area contributed by atoms with Crippen molar-refractivity contribution in [1.82, 2.24) is 9.55 Å². The summed E-state index contributed by atoms with van der Waals surface area (Å²) < 4.78 is 2.39. The maximum absolute atomic E-state index is 13.1. The molecule has 7 heteroatoms. The Morgan fingerprint density at radius 2 is 1.93 bits per heavy atom. The van der Waals surface area contributed by atoms with Crippen molar-refractivity contribution >= 4 is 56.6 Å². The number of imidazole rings is 1. The van der Waals surface area contributed by atoms with Crippen LogP contribution in [0.5, 0.6) is 0 Å². The van der Waals surface area contributed by atoms with Crippen LogP contribution in [0.15, 0.2) is 28.2 Å². The van der Waals surface area contributed by atoms with Gasteiger partial charge >= 0.3 is 0 Å². The van der Waals surface area contributed by atoms with E-state index in [1.165, 1.54) is 37.0 Å². The lowest BCUT2D eigenvalue weighted by molar-refractivity contribution is 0.344. The summed E-state index contributed by atoms with van der Waals surface area (Å²) in [4.78, 5) is 20.4. The van der Waals surface area contributed by atoms with Crippen LogP contribution < -0.4 is 5.43 Å². The van der Waals surface area contributed by atoms with Gasteiger partial charge in [0, 0.05) is 22.2 Å². The first-order chi connectivity index (χ1) is 14.1.